The molecular weight excluding hydrogens is 220 g/mol. The van der Waals surface area contributed by atoms with Crippen molar-refractivity contribution in [1.82, 2.24) is 0 Å². The van der Waals surface area contributed by atoms with Gasteiger partial charge in [0.05, 0.1) is 6.61 Å². The number of hydrogen-bond acceptors (Lipinski definition) is 1. The number of rotatable bonds is 5. The Morgan fingerprint density at radius 1 is 0.778 bits per heavy atom. The molecule has 1 nitrogen and oxygen atoms in total. The molecule has 0 aromatic heterocycles. The molecule has 0 fully saturated rings. The van der Waals surface area contributed by atoms with Crippen molar-refractivity contribution in [3.05, 3.63) is 83.9 Å². The molecule has 92 valence electrons. The van der Waals surface area contributed by atoms with Crippen LogP contribution in [0.25, 0.3) is 0 Å². The van der Waals surface area contributed by atoms with Crippen LogP contribution in [0.4, 0.5) is 0 Å². The first-order valence-corrected chi connectivity index (χ1v) is 6.27. The Kier molecular flexibility index (Phi) is 4.74. The van der Waals surface area contributed by atoms with E-state index in [9.17, 15) is 0 Å². The van der Waals surface area contributed by atoms with Gasteiger partial charge in [-0.2, -0.15) is 0 Å². The van der Waals surface area contributed by atoms with Gasteiger partial charge in [0.25, 0.3) is 0 Å². The van der Waals surface area contributed by atoms with Crippen LogP contribution in [-0.4, -0.2) is 11.7 Å². The van der Waals surface area contributed by atoms with E-state index in [-0.39, 0.29) is 6.61 Å². The average Bonchev–Trinajstić information content (AvgIpc) is 2.46. The predicted molar refractivity (Wildman–Crippen MR) is 75.6 cm³/mol. The molecule has 0 bridgehead atoms. The van der Waals surface area contributed by atoms with Gasteiger partial charge in [-0.1, -0.05) is 72.8 Å². The maximum atomic E-state index is 8.83. The Hall–Kier alpha value is -1.86. The maximum Gasteiger partial charge on any atom is 0.0612 e. The minimum Gasteiger partial charge on any atom is -0.392 e. The lowest BCUT2D eigenvalue weighted by Crippen LogP contribution is -1.99. The predicted octanol–water partition coefficient (Wildman–Crippen LogP) is 3.76. The van der Waals surface area contributed by atoms with Crippen LogP contribution in [0.3, 0.4) is 0 Å². The minimum absolute atomic E-state index is 0.107. The highest BCUT2D eigenvalue weighted by Crippen LogP contribution is 2.27. The highest BCUT2D eigenvalue weighted by molar-refractivity contribution is 5.32. The van der Waals surface area contributed by atoms with E-state index in [1.54, 1.807) is 6.08 Å². The molecule has 0 unspecified atom stereocenters. The SMILES string of the molecule is OC/C=C/CC(c1ccccc1)c1ccccc1. The number of allylic oxidation sites excluding steroid dienone is 1. The van der Waals surface area contributed by atoms with Crippen molar-refractivity contribution in [2.45, 2.75) is 12.3 Å². The Labute approximate surface area is 108 Å². The molecule has 0 aliphatic heterocycles. The van der Waals surface area contributed by atoms with Crippen molar-refractivity contribution in [2.75, 3.05) is 6.61 Å². The van der Waals surface area contributed by atoms with Gasteiger partial charge in [0.1, 0.15) is 0 Å². The van der Waals surface area contributed by atoms with Gasteiger partial charge in [-0.15, -0.1) is 0 Å². The highest BCUT2D eigenvalue weighted by Gasteiger charge is 2.11. The van der Waals surface area contributed by atoms with E-state index in [1.807, 2.05) is 18.2 Å². The summed E-state index contributed by atoms with van der Waals surface area (Å²) in [4.78, 5) is 0. The zero-order chi connectivity index (χ0) is 12.6. The van der Waals surface area contributed by atoms with Gasteiger partial charge in [0.2, 0.25) is 0 Å². The lowest BCUT2D eigenvalue weighted by atomic mass is 9.88. The fourth-order valence-corrected chi connectivity index (χ4v) is 2.14. The van der Waals surface area contributed by atoms with Gasteiger partial charge in [-0.05, 0) is 17.5 Å². The van der Waals surface area contributed by atoms with Crippen molar-refractivity contribution in [2.24, 2.45) is 0 Å². The van der Waals surface area contributed by atoms with Crippen molar-refractivity contribution >= 4 is 0 Å². The van der Waals surface area contributed by atoms with Crippen LogP contribution in [0.1, 0.15) is 23.5 Å². The summed E-state index contributed by atoms with van der Waals surface area (Å²) in [6.45, 7) is 0.107. The van der Waals surface area contributed by atoms with Crippen molar-refractivity contribution in [3.8, 4) is 0 Å². The fourth-order valence-electron chi connectivity index (χ4n) is 2.14. The normalized spacial score (nSPS) is 11.2. The summed E-state index contributed by atoms with van der Waals surface area (Å²) in [6, 6.07) is 21.0. The number of benzene rings is 2. The summed E-state index contributed by atoms with van der Waals surface area (Å²) in [5, 5.41) is 8.83. The van der Waals surface area contributed by atoms with Crippen LogP contribution in [0.5, 0.6) is 0 Å². The molecule has 2 aromatic rings. The van der Waals surface area contributed by atoms with E-state index >= 15 is 0 Å². The van der Waals surface area contributed by atoms with E-state index in [2.05, 4.69) is 48.5 Å². The fraction of sp³-hybridized carbons (Fsp3) is 0.176. The third-order valence-electron chi connectivity index (χ3n) is 3.05. The summed E-state index contributed by atoms with van der Waals surface area (Å²) >= 11 is 0. The zero-order valence-corrected chi connectivity index (χ0v) is 10.4. The summed E-state index contributed by atoms with van der Waals surface area (Å²) < 4.78 is 0. The molecule has 18 heavy (non-hydrogen) atoms. The quantitative estimate of drug-likeness (QED) is 0.786. The Morgan fingerprint density at radius 2 is 1.28 bits per heavy atom. The van der Waals surface area contributed by atoms with Gasteiger partial charge in [-0.25, -0.2) is 0 Å². The van der Waals surface area contributed by atoms with Crippen molar-refractivity contribution < 1.29 is 5.11 Å². The molecule has 2 aromatic carbocycles. The lowest BCUT2D eigenvalue weighted by Gasteiger charge is -2.16. The third kappa shape index (κ3) is 3.31. The van der Waals surface area contributed by atoms with E-state index in [4.69, 9.17) is 5.11 Å². The molecule has 1 heteroatoms. The molecule has 0 heterocycles. The summed E-state index contributed by atoms with van der Waals surface area (Å²) in [6.07, 6.45) is 4.76. The van der Waals surface area contributed by atoms with E-state index in [0.717, 1.165) is 6.42 Å². The first-order chi connectivity index (χ1) is 8.92. The van der Waals surface area contributed by atoms with Crippen LogP contribution in [0, 0.1) is 0 Å². The van der Waals surface area contributed by atoms with Crippen molar-refractivity contribution in [3.63, 3.8) is 0 Å². The molecule has 0 spiro atoms. The van der Waals surface area contributed by atoms with E-state index in [0.29, 0.717) is 5.92 Å². The molecule has 0 radical (unpaired) electrons. The van der Waals surface area contributed by atoms with Crippen molar-refractivity contribution in [1.29, 1.82) is 0 Å². The standard InChI is InChI=1S/C17H18O/c18-14-8-7-13-17(15-9-3-1-4-10-15)16-11-5-2-6-12-16/h1-12,17-18H,13-14H2/b8-7+. The first kappa shape index (κ1) is 12.6. The van der Waals surface area contributed by atoms with Gasteiger partial charge in [0.15, 0.2) is 0 Å². The molecule has 0 amide bonds. The molecule has 1 N–H and O–H groups in total. The largest absolute Gasteiger partial charge is 0.392 e. The topological polar surface area (TPSA) is 20.2 Å². The smallest absolute Gasteiger partial charge is 0.0612 e. The molecule has 2 rings (SSSR count). The van der Waals surface area contributed by atoms with Crippen LogP contribution in [-0.2, 0) is 0 Å². The summed E-state index contributed by atoms with van der Waals surface area (Å²) in [5.74, 6) is 0.357. The average molecular weight is 238 g/mol. The van der Waals surface area contributed by atoms with Crippen LogP contribution >= 0.6 is 0 Å². The second-order valence-corrected chi connectivity index (χ2v) is 4.26. The van der Waals surface area contributed by atoms with Crippen LogP contribution < -0.4 is 0 Å². The van der Waals surface area contributed by atoms with Gasteiger partial charge < -0.3 is 5.11 Å². The highest BCUT2D eigenvalue weighted by atomic mass is 16.2. The lowest BCUT2D eigenvalue weighted by molar-refractivity contribution is 0.342. The minimum atomic E-state index is 0.107. The number of aliphatic hydroxyl groups is 1. The third-order valence-corrected chi connectivity index (χ3v) is 3.05. The van der Waals surface area contributed by atoms with Gasteiger partial charge >= 0.3 is 0 Å². The summed E-state index contributed by atoms with van der Waals surface area (Å²) in [7, 11) is 0. The van der Waals surface area contributed by atoms with E-state index in [1.165, 1.54) is 11.1 Å². The van der Waals surface area contributed by atoms with Crippen LogP contribution in [0.2, 0.25) is 0 Å². The molecule has 0 saturated heterocycles. The first-order valence-electron chi connectivity index (χ1n) is 6.27. The molecule has 0 atom stereocenters. The zero-order valence-electron chi connectivity index (χ0n) is 10.4. The second-order valence-electron chi connectivity index (χ2n) is 4.26. The summed E-state index contributed by atoms with van der Waals surface area (Å²) in [5.41, 5.74) is 2.62. The van der Waals surface area contributed by atoms with Gasteiger partial charge in [0, 0.05) is 5.92 Å². The molecule has 0 aliphatic rings. The van der Waals surface area contributed by atoms with Gasteiger partial charge in [-0.3, -0.25) is 0 Å². The maximum absolute atomic E-state index is 8.83. The monoisotopic (exact) mass is 238 g/mol. The molecular formula is C17H18O. The second kappa shape index (κ2) is 6.77. The Bertz CT molecular complexity index is 434. The molecule has 0 aliphatic carbocycles. The Morgan fingerprint density at radius 3 is 1.72 bits per heavy atom. The van der Waals surface area contributed by atoms with Crippen LogP contribution in [0.15, 0.2) is 72.8 Å². The number of hydrogen-bond donors (Lipinski definition) is 1. The Balaban J connectivity index is 2.26. The number of aliphatic hydroxyl groups excluding tert-OH is 1. The molecule has 0 saturated carbocycles. The van der Waals surface area contributed by atoms with E-state index < -0.39 is 0 Å².